The number of hydrogen-bond acceptors (Lipinski definition) is 3. The highest BCUT2D eigenvalue weighted by Crippen LogP contribution is 1.98. The van der Waals surface area contributed by atoms with Gasteiger partial charge in [0.2, 0.25) is 5.50 Å². The molecule has 0 spiro atoms. The van der Waals surface area contributed by atoms with Gasteiger partial charge in [0, 0.05) is 0 Å². The van der Waals surface area contributed by atoms with Gasteiger partial charge in [-0.15, -0.1) is 16.5 Å². The number of nitroso groups, excluding NO2 is 1. The molecule has 0 amide bonds. The Hall–Kier alpha value is -0.150. The molecule has 0 fully saturated rings. The smallest absolute Gasteiger partial charge is 0.224 e. The van der Waals surface area contributed by atoms with Crippen molar-refractivity contribution in [1.29, 1.82) is 0 Å². The number of carbonyl (C=O) groups is 1. The molecule has 1 unspecified atom stereocenters. The third kappa shape index (κ3) is 2.23. The average molecular weight is 156 g/mol. The first kappa shape index (κ1) is 7.85. The summed E-state index contributed by atoms with van der Waals surface area (Å²) >= 11 is 10.00. The number of carbonyl (C=O) groups excluding carboxylic acids is 1. The molecule has 0 heterocycles. The molecule has 0 radical (unpaired) electrons. The molecule has 0 aromatic rings. The van der Waals surface area contributed by atoms with Crippen LogP contribution < -0.4 is 0 Å². The van der Waals surface area contributed by atoms with Gasteiger partial charge < -0.3 is 0 Å². The lowest BCUT2D eigenvalue weighted by Crippen LogP contribution is -2.11. The summed E-state index contributed by atoms with van der Waals surface area (Å²) in [5.74, 6) is -0.830. The van der Waals surface area contributed by atoms with Crippen LogP contribution in [0.15, 0.2) is 5.18 Å². The summed E-state index contributed by atoms with van der Waals surface area (Å²) in [6, 6.07) is 0. The van der Waals surface area contributed by atoms with Gasteiger partial charge in [-0.3, -0.25) is 4.79 Å². The van der Waals surface area contributed by atoms with Gasteiger partial charge in [-0.05, 0) is 5.18 Å². The van der Waals surface area contributed by atoms with E-state index in [1.807, 2.05) is 0 Å². The van der Waals surface area contributed by atoms with Crippen molar-refractivity contribution in [2.75, 3.05) is 5.88 Å². The molecule has 0 aliphatic heterocycles. The molecule has 8 heavy (non-hydrogen) atoms. The fraction of sp³-hybridized carbons (Fsp3) is 0.667. The van der Waals surface area contributed by atoms with Crippen LogP contribution in [0.4, 0.5) is 0 Å². The summed E-state index contributed by atoms with van der Waals surface area (Å²) in [5, 5.41) is 2.24. The Morgan fingerprint density at radius 3 is 2.38 bits per heavy atom. The van der Waals surface area contributed by atoms with Gasteiger partial charge in [0.05, 0.1) is 5.88 Å². The van der Waals surface area contributed by atoms with Gasteiger partial charge in [-0.25, -0.2) is 0 Å². The molecule has 0 N–H and O–H groups in total. The average Bonchev–Trinajstić information content (AvgIpc) is 1.84. The SMILES string of the molecule is O=NC(Cl)C(=O)CCl. The molecule has 0 aliphatic rings. The Labute approximate surface area is 55.9 Å². The molecule has 0 saturated carbocycles. The van der Waals surface area contributed by atoms with E-state index in [1.165, 1.54) is 0 Å². The minimum Gasteiger partial charge on any atom is -0.294 e. The number of nitrogens with zero attached hydrogens (tertiary/aromatic N) is 1. The summed E-state index contributed by atoms with van der Waals surface area (Å²) < 4.78 is 0. The normalized spacial score (nSPS) is 12.8. The largest absolute Gasteiger partial charge is 0.294 e. The van der Waals surface area contributed by atoms with E-state index in [9.17, 15) is 9.70 Å². The highest BCUT2D eigenvalue weighted by atomic mass is 35.5. The van der Waals surface area contributed by atoms with E-state index in [1.54, 1.807) is 0 Å². The van der Waals surface area contributed by atoms with Crippen molar-refractivity contribution >= 4 is 29.0 Å². The maximum Gasteiger partial charge on any atom is 0.224 e. The van der Waals surface area contributed by atoms with Gasteiger partial charge in [-0.1, -0.05) is 11.6 Å². The van der Waals surface area contributed by atoms with Crippen LogP contribution in [0.25, 0.3) is 0 Å². The molecule has 0 saturated heterocycles. The minimum absolute atomic E-state index is 0.264. The molecule has 3 nitrogen and oxygen atoms in total. The van der Waals surface area contributed by atoms with Crippen LogP contribution in [0, 0.1) is 4.91 Å². The zero-order valence-corrected chi connectivity index (χ0v) is 5.32. The van der Waals surface area contributed by atoms with Crippen LogP contribution in [0.3, 0.4) is 0 Å². The lowest BCUT2D eigenvalue weighted by Gasteiger charge is -1.90. The van der Waals surface area contributed by atoms with Crippen molar-refractivity contribution in [1.82, 2.24) is 0 Å². The number of hydrogen-bond donors (Lipinski definition) is 0. The van der Waals surface area contributed by atoms with Crippen molar-refractivity contribution in [2.24, 2.45) is 5.18 Å². The maximum atomic E-state index is 10.2. The van der Waals surface area contributed by atoms with Gasteiger partial charge in [0.1, 0.15) is 0 Å². The lowest BCUT2D eigenvalue weighted by atomic mass is 10.5. The number of ketones is 1. The predicted octanol–water partition coefficient (Wildman–Crippen LogP) is 1.13. The van der Waals surface area contributed by atoms with Crippen molar-refractivity contribution in [2.45, 2.75) is 5.50 Å². The van der Waals surface area contributed by atoms with Crippen molar-refractivity contribution in [3.05, 3.63) is 4.91 Å². The highest BCUT2D eigenvalue weighted by Gasteiger charge is 2.12. The number of Topliss-reactive ketones (excluding diaryl/α,β-unsaturated/α-hetero) is 1. The fourth-order valence-electron chi connectivity index (χ4n) is 0.122. The van der Waals surface area contributed by atoms with Gasteiger partial charge in [-0.2, -0.15) is 0 Å². The topological polar surface area (TPSA) is 46.5 Å². The molecule has 0 rings (SSSR count). The monoisotopic (exact) mass is 155 g/mol. The van der Waals surface area contributed by atoms with E-state index in [4.69, 9.17) is 23.2 Å². The summed E-state index contributed by atoms with van der Waals surface area (Å²) in [5.41, 5.74) is -1.31. The Bertz CT molecular complexity index is 105. The molecular weight excluding hydrogens is 153 g/mol. The molecular formula is C3H3Cl2NO2. The number of halogens is 2. The lowest BCUT2D eigenvalue weighted by molar-refractivity contribution is -0.116. The molecule has 0 aromatic heterocycles. The van der Waals surface area contributed by atoms with Crippen LogP contribution in [-0.2, 0) is 4.79 Å². The van der Waals surface area contributed by atoms with Crippen molar-refractivity contribution < 1.29 is 4.79 Å². The molecule has 46 valence electrons. The second-order valence-electron chi connectivity index (χ2n) is 1.04. The van der Waals surface area contributed by atoms with E-state index in [2.05, 4.69) is 5.18 Å². The maximum absolute atomic E-state index is 10.2. The van der Waals surface area contributed by atoms with Crippen LogP contribution in [0.2, 0.25) is 0 Å². The molecule has 5 heteroatoms. The summed E-state index contributed by atoms with van der Waals surface area (Å²) in [4.78, 5) is 19.6. The predicted molar refractivity (Wildman–Crippen MR) is 31.2 cm³/mol. The Kier molecular flexibility index (Phi) is 3.73. The summed E-state index contributed by atoms with van der Waals surface area (Å²) in [6.45, 7) is 0. The molecule has 0 bridgehead atoms. The van der Waals surface area contributed by atoms with Gasteiger partial charge in [0.15, 0.2) is 5.78 Å². The van der Waals surface area contributed by atoms with Crippen molar-refractivity contribution in [3.63, 3.8) is 0 Å². The van der Waals surface area contributed by atoms with Crippen LogP contribution in [0.1, 0.15) is 0 Å². The second kappa shape index (κ2) is 3.80. The molecule has 1 atom stereocenters. The Balaban J connectivity index is 3.62. The summed E-state index contributed by atoms with van der Waals surface area (Å²) in [6.07, 6.45) is 0. The van der Waals surface area contributed by atoms with E-state index in [0.717, 1.165) is 0 Å². The quantitative estimate of drug-likeness (QED) is 0.349. The second-order valence-corrected chi connectivity index (χ2v) is 1.72. The highest BCUT2D eigenvalue weighted by molar-refractivity contribution is 6.37. The van der Waals surface area contributed by atoms with E-state index in [0.29, 0.717) is 0 Å². The molecule has 0 aromatic carbocycles. The van der Waals surface area contributed by atoms with E-state index in [-0.39, 0.29) is 5.88 Å². The minimum atomic E-state index is -1.31. The van der Waals surface area contributed by atoms with Crippen LogP contribution >= 0.6 is 23.2 Å². The Morgan fingerprint density at radius 1 is 1.75 bits per heavy atom. The Morgan fingerprint density at radius 2 is 2.25 bits per heavy atom. The zero-order chi connectivity index (χ0) is 6.57. The third-order valence-electron chi connectivity index (χ3n) is 0.490. The first-order chi connectivity index (χ1) is 3.72. The first-order valence-electron chi connectivity index (χ1n) is 1.77. The summed E-state index contributed by atoms with van der Waals surface area (Å²) in [7, 11) is 0. The van der Waals surface area contributed by atoms with Gasteiger partial charge in [0.25, 0.3) is 0 Å². The van der Waals surface area contributed by atoms with Gasteiger partial charge >= 0.3 is 0 Å². The van der Waals surface area contributed by atoms with Crippen molar-refractivity contribution in [3.8, 4) is 0 Å². The zero-order valence-electron chi connectivity index (χ0n) is 3.80. The number of alkyl halides is 2. The van der Waals surface area contributed by atoms with Crippen LogP contribution in [-0.4, -0.2) is 17.2 Å². The van der Waals surface area contributed by atoms with Crippen LogP contribution in [0.5, 0.6) is 0 Å². The fourth-order valence-corrected chi connectivity index (χ4v) is 0.425. The third-order valence-corrected chi connectivity index (χ3v) is 1.08. The number of rotatable bonds is 3. The first-order valence-corrected chi connectivity index (χ1v) is 2.74. The molecule has 0 aliphatic carbocycles. The van der Waals surface area contributed by atoms with E-state index >= 15 is 0 Å². The standard InChI is InChI=1S/C3H3Cl2NO2/c4-1-2(7)3(5)6-8/h3H,1H2. The van der Waals surface area contributed by atoms with E-state index < -0.39 is 11.3 Å².